The van der Waals surface area contributed by atoms with Crippen LogP contribution in [0.25, 0.3) is 0 Å². The van der Waals surface area contributed by atoms with Crippen LogP contribution < -0.4 is 10.9 Å². The molecular formula is C19H18N2O. The molecule has 0 aliphatic carbocycles. The Bertz CT molecular complexity index is 669. The molecule has 0 saturated carbocycles. The minimum absolute atomic E-state index is 0.184. The summed E-state index contributed by atoms with van der Waals surface area (Å²) < 4.78 is 0. The number of hydrogen-bond donors (Lipinski definition) is 2. The maximum absolute atomic E-state index is 12.0. The van der Waals surface area contributed by atoms with Crippen molar-refractivity contribution < 1.29 is 4.79 Å². The molecule has 3 heteroatoms. The average Bonchev–Trinajstić information content (AvgIpc) is 2.59. The molecule has 1 unspecified atom stereocenters. The Kier molecular flexibility index (Phi) is 5.98. The highest BCUT2D eigenvalue weighted by Crippen LogP contribution is 1.99. The molecule has 0 bridgehead atoms. The molecule has 0 spiro atoms. The predicted octanol–water partition coefficient (Wildman–Crippen LogP) is 2.92. The summed E-state index contributed by atoms with van der Waals surface area (Å²) in [6.07, 6.45) is 2.40. The normalized spacial score (nSPS) is 10.9. The van der Waals surface area contributed by atoms with Crippen LogP contribution >= 0.6 is 0 Å². The number of rotatable bonds is 5. The molecule has 0 radical (unpaired) electrons. The van der Waals surface area contributed by atoms with Crippen molar-refractivity contribution in [1.82, 2.24) is 10.9 Å². The van der Waals surface area contributed by atoms with Gasteiger partial charge in [-0.05, 0) is 30.7 Å². The molecule has 0 fully saturated rings. The van der Waals surface area contributed by atoms with Gasteiger partial charge in [0.15, 0.2) is 0 Å². The van der Waals surface area contributed by atoms with Crippen LogP contribution in [-0.2, 0) is 0 Å². The molecule has 0 heterocycles. The first kappa shape index (κ1) is 15.6. The number of carbonyl (C=O) groups excluding carboxylic acids is 1. The molecular weight excluding hydrogens is 272 g/mol. The summed E-state index contributed by atoms with van der Waals surface area (Å²) in [5, 5.41) is 0. The lowest BCUT2D eigenvalue weighted by molar-refractivity contribution is 0.0929. The molecule has 22 heavy (non-hydrogen) atoms. The van der Waals surface area contributed by atoms with E-state index in [4.69, 9.17) is 0 Å². The zero-order valence-electron chi connectivity index (χ0n) is 12.3. The van der Waals surface area contributed by atoms with Gasteiger partial charge in [-0.2, -0.15) is 0 Å². The van der Waals surface area contributed by atoms with Gasteiger partial charge >= 0.3 is 0 Å². The minimum Gasteiger partial charge on any atom is -0.286 e. The van der Waals surface area contributed by atoms with E-state index < -0.39 is 0 Å². The molecule has 0 aromatic heterocycles. The van der Waals surface area contributed by atoms with Crippen molar-refractivity contribution in [2.45, 2.75) is 12.5 Å². The highest BCUT2D eigenvalue weighted by atomic mass is 16.2. The Morgan fingerprint density at radius 1 is 1.09 bits per heavy atom. The van der Waals surface area contributed by atoms with E-state index in [2.05, 4.69) is 29.3 Å². The summed E-state index contributed by atoms with van der Waals surface area (Å²) >= 11 is 0. The number of benzene rings is 2. The molecule has 0 saturated heterocycles. The molecule has 1 amide bonds. The molecule has 2 N–H and O–H groups in total. The standard InChI is InChI=1S/C19H18N2O/c1-2-9-18(15-14-16-10-5-3-6-11-16)20-21-19(22)17-12-7-4-8-13-17/h2-8,10-13,18,20H,1,9H2,(H,21,22). The van der Waals surface area contributed by atoms with Crippen molar-refractivity contribution in [3.8, 4) is 11.8 Å². The van der Waals surface area contributed by atoms with Crippen molar-refractivity contribution in [1.29, 1.82) is 0 Å². The third kappa shape index (κ3) is 4.93. The van der Waals surface area contributed by atoms with Gasteiger partial charge in [-0.15, -0.1) is 6.58 Å². The molecule has 2 aromatic carbocycles. The van der Waals surface area contributed by atoms with E-state index in [0.717, 1.165) is 5.56 Å². The van der Waals surface area contributed by atoms with Crippen LogP contribution in [-0.4, -0.2) is 11.9 Å². The lowest BCUT2D eigenvalue weighted by atomic mass is 10.2. The molecule has 3 nitrogen and oxygen atoms in total. The monoisotopic (exact) mass is 290 g/mol. The van der Waals surface area contributed by atoms with Crippen LogP contribution in [0.1, 0.15) is 22.3 Å². The molecule has 1 atom stereocenters. The number of hydrazine groups is 1. The fourth-order valence-electron chi connectivity index (χ4n) is 1.83. The Morgan fingerprint density at radius 2 is 1.73 bits per heavy atom. The first-order valence-electron chi connectivity index (χ1n) is 7.08. The Balaban J connectivity index is 1.96. The smallest absolute Gasteiger partial charge is 0.265 e. The third-order valence-electron chi connectivity index (χ3n) is 2.96. The number of hydrogen-bond acceptors (Lipinski definition) is 2. The topological polar surface area (TPSA) is 41.1 Å². The Morgan fingerprint density at radius 3 is 2.36 bits per heavy atom. The second-order valence-electron chi connectivity index (χ2n) is 4.68. The molecule has 2 aromatic rings. The van der Waals surface area contributed by atoms with E-state index in [0.29, 0.717) is 12.0 Å². The molecule has 0 aliphatic rings. The molecule has 110 valence electrons. The van der Waals surface area contributed by atoms with Crippen LogP contribution in [0.5, 0.6) is 0 Å². The predicted molar refractivity (Wildman–Crippen MR) is 89.0 cm³/mol. The van der Waals surface area contributed by atoms with E-state index in [1.165, 1.54) is 0 Å². The number of nitrogens with one attached hydrogen (secondary N) is 2. The van der Waals surface area contributed by atoms with Gasteiger partial charge in [0.05, 0.1) is 6.04 Å². The van der Waals surface area contributed by atoms with Gasteiger partial charge in [0.25, 0.3) is 5.91 Å². The van der Waals surface area contributed by atoms with Crippen LogP contribution in [0.3, 0.4) is 0 Å². The summed E-state index contributed by atoms with van der Waals surface area (Å²) in [7, 11) is 0. The zero-order valence-corrected chi connectivity index (χ0v) is 12.3. The van der Waals surface area contributed by atoms with E-state index in [9.17, 15) is 4.79 Å². The van der Waals surface area contributed by atoms with Crippen LogP contribution in [0.2, 0.25) is 0 Å². The second kappa shape index (κ2) is 8.46. The average molecular weight is 290 g/mol. The van der Waals surface area contributed by atoms with Crippen LogP contribution in [0, 0.1) is 11.8 Å². The Hall–Kier alpha value is -2.83. The first-order chi connectivity index (χ1) is 10.8. The third-order valence-corrected chi connectivity index (χ3v) is 2.96. The van der Waals surface area contributed by atoms with E-state index in [1.54, 1.807) is 18.2 Å². The van der Waals surface area contributed by atoms with Crippen molar-refractivity contribution in [2.24, 2.45) is 0 Å². The SMILES string of the molecule is C=CCC(C#Cc1ccccc1)NNC(=O)c1ccccc1. The van der Waals surface area contributed by atoms with Gasteiger partial charge in [0.2, 0.25) is 0 Å². The fourth-order valence-corrected chi connectivity index (χ4v) is 1.83. The summed E-state index contributed by atoms with van der Waals surface area (Å²) in [5.74, 6) is 5.99. The van der Waals surface area contributed by atoms with Crippen molar-refractivity contribution >= 4 is 5.91 Å². The van der Waals surface area contributed by atoms with E-state index in [1.807, 2.05) is 48.5 Å². The minimum atomic E-state index is -0.189. The maximum atomic E-state index is 12.0. The zero-order chi connectivity index (χ0) is 15.6. The quantitative estimate of drug-likeness (QED) is 0.505. The van der Waals surface area contributed by atoms with Crippen LogP contribution in [0.15, 0.2) is 73.3 Å². The van der Waals surface area contributed by atoms with E-state index >= 15 is 0 Å². The largest absolute Gasteiger partial charge is 0.286 e. The number of carbonyl (C=O) groups is 1. The maximum Gasteiger partial charge on any atom is 0.265 e. The van der Waals surface area contributed by atoms with Gasteiger partial charge in [-0.3, -0.25) is 10.2 Å². The van der Waals surface area contributed by atoms with Crippen molar-refractivity contribution in [2.75, 3.05) is 0 Å². The summed E-state index contributed by atoms with van der Waals surface area (Å²) in [4.78, 5) is 12.0. The highest BCUT2D eigenvalue weighted by Gasteiger charge is 2.07. The van der Waals surface area contributed by atoms with Crippen LogP contribution in [0.4, 0.5) is 0 Å². The van der Waals surface area contributed by atoms with Crippen molar-refractivity contribution in [3.05, 3.63) is 84.4 Å². The lowest BCUT2D eigenvalue weighted by Crippen LogP contribution is -2.43. The van der Waals surface area contributed by atoms with Crippen molar-refractivity contribution in [3.63, 3.8) is 0 Å². The number of amides is 1. The first-order valence-corrected chi connectivity index (χ1v) is 7.08. The van der Waals surface area contributed by atoms with Gasteiger partial charge < -0.3 is 0 Å². The fraction of sp³-hybridized carbons (Fsp3) is 0.105. The van der Waals surface area contributed by atoms with Gasteiger partial charge in [-0.25, -0.2) is 5.43 Å². The second-order valence-corrected chi connectivity index (χ2v) is 4.68. The lowest BCUT2D eigenvalue weighted by Gasteiger charge is -2.12. The highest BCUT2D eigenvalue weighted by molar-refractivity contribution is 5.93. The summed E-state index contributed by atoms with van der Waals surface area (Å²) in [6.45, 7) is 3.72. The molecule has 2 rings (SSSR count). The Labute approximate surface area is 131 Å². The van der Waals surface area contributed by atoms with Gasteiger partial charge in [-0.1, -0.05) is 54.3 Å². The summed E-state index contributed by atoms with van der Waals surface area (Å²) in [6, 6.07) is 18.6. The van der Waals surface area contributed by atoms with Gasteiger partial charge in [0, 0.05) is 11.1 Å². The van der Waals surface area contributed by atoms with E-state index in [-0.39, 0.29) is 11.9 Å². The van der Waals surface area contributed by atoms with Gasteiger partial charge in [0.1, 0.15) is 0 Å². The molecule has 0 aliphatic heterocycles. The summed E-state index contributed by atoms with van der Waals surface area (Å²) in [5.41, 5.74) is 7.16.